The van der Waals surface area contributed by atoms with Crippen molar-refractivity contribution in [2.24, 2.45) is 11.8 Å². The van der Waals surface area contributed by atoms with Crippen LogP contribution in [0.4, 0.5) is 0 Å². The van der Waals surface area contributed by atoms with Gasteiger partial charge in [0.2, 0.25) is 17.7 Å². The molecule has 8 nitrogen and oxygen atoms in total. The summed E-state index contributed by atoms with van der Waals surface area (Å²) < 4.78 is 1.88. The maximum Gasteiger partial charge on any atom is 0.233 e. The Kier molecular flexibility index (Phi) is 4.87. The fraction of sp³-hybridized carbons (Fsp3) is 0.526. The molecular formula is C19H23N5O3. The van der Waals surface area contributed by atoms with Crippen molar-refractivity contribution in [2.45, 2.75) is 38.5 Å². The molecule has 2 aromatic heterocycles. The van der Waals surface area contributed by atoms with E-state index in [1.54, 1.807) is 0 Å². The smallest absolute Gasteiger partial charge is 0.233 e. The number of pyridine rings is 1. The first kappa shape index (κ1) is 17.6. The summed E-state index contributed by atoms with van der Waals surface area (Å²) in [6, 6.07) is 5.67. The van der Waals surface area contributed by atoms with Gasteiger partial charge in [0.05, 0.1) is 11.8 Å². The van der Waals surface area contributed by atoms with E-state index in [2.05, 4.69) is 15.5 Å². The summed E-state index contributed by atoms with van der Waals surface area (Å²) in [7, 11) is 0. The molecule has 1 N–H and O–H groups in total. The highest BCUT2D eigenvalue weighted by Gasteiger charge is 2.47. The lowest BCUT2D eigenvalue weighted by molar-refractivity contribution is -0.140. The summed E-state index contributed by atoms with van der Waals surface area (Å²) in [5, 5.41) is 11.0. The number of hydrogen-bond acceptors (Lipinski definition) is 5. The molecule has 0 bridgehead atoms. The van der Waals surface area contributed by atoms with Gasteiger partial charge in [-0.15, -0.1) is 10.2 Å². The van der Waals surface area contributed by atoms with Crippen molar-refractivity contribution < 1.29 is 14.4 Å². The molecule has 3 amide bonds. The lowest BCUT2D eigenvalue weighted by Crippen LogP contribution is -2.36. The minimum atomic E-state index is -0.167. The lowest BCUT2D eigenvalue weighted by atomic mass is 9.81. The van der Waals surface area contributed by atoms with Crippen LogP contribution in [0.2, 0.25) is 0 Å². The van der Waals surface area contributed by atoms with Gasteiger partial charge in [0.15, 0.2) is 5.65 Å². The highest BCUT2D eigenvalue weighted by molar-refractivity contribution is 6.05. The van der Waals surface area contributed by atoms with Gasteiger partial charge in [-0.3, -0.25) is 23.7 Å². The Morgan fingerprint density at radius 3 is 2.59 bits per heavy atom. The molecule has 142 valence electrons. The maximum absolute atomic E-state index is 12.4. The summed E-state index contributed by atoms with van der Waals surface area (Å²) in [6.07, 6.45) is 6.18. The van der Waals surface area contributed by atoms with Crippen molar-refractivity contribution in [1.82, 2.24) is 24.8 Å². The quantitative estimate of drug-likeness (QED) is 0.765. The lowest BCUT2D eigenvalue weighted by Gasteiger charge is -2.19. The van der Waals surface area contributed by atoms with Gasteiger partial charge in [-0.05, 0) is 25.0 Å². The molecule has 8 heteroatoms. The number of aromatic nitrogens is 3. The normalized spacial score (nSPS) is 22.3. The topological polar surface area (TPSA) is 96.7 Å². The van der Waals surface area contributed by atoms with Gasteiger partial charge in [-0.2, -0.15) is 0 Å². The third-order valence-corrected chi connectivity index (χ3v) is 5.55. The third kappa shape index (κ3) is 3.43. The van der Waals surface area contributed by atoms with Crippen LogP contribution >= 0.6 is 0 Å². The minimum Gasteiger partial charge on any atom is -0.356 e. The molecule has 27 heavy (non-hydrogen) atoms. The Hall–Kier alpha value is -2.77. The van der Waals surface area contributed by atoms with Gasteiger partial charge in [-0.1, -0.05) is 18.9 Å². The van der Waals surface area contributed by atoms with Gasteiger partial charge in [0.25, 0.3) is 0 Å². The zero-order valence-electron chi connectivity index (χ0n) is 15.1. The molecule has 2 aliphatic rings. The zero-order valence-corrected chi connectivity index (χ0v) is 15.1. The van der Waals surface area contributed by atoms with Gasteiger partial charge >= 0.3 is 0 Å². The molecular weight excluding hydrogens is 346 g/mol. The fourth-order valence-electron chi connectivity index (χ4n) is 4.13. The van der Waals surface area contributed by atoms with Crippen LogP contribution in [0.25, 0.3) is 5.65 Å². The summed E-state index contributed by atoms with van der Waals surface area (Å²) >= 11 is 0. The van der Waals surface area contributed by atoms with E-state index in [0.717, 1.165) is 37.2 Å². The first-order chi connectivity index (χ1) is 13.1. The van der Waals surface area contributed by atoms with E-state index in [-0.39, 0.29) is 42.5 Å². The van der Waals surface area contributed by atoms with Crippen LogP contribution in [0.15, 0.2) is 24.4 Å². The monoisotopic (exact) mass is 369 g/mol. The van der Waals surface area contributed by atoms with Crippen molar-refractivity contribution in [3.05, 3.63) is 30.2 Å². The number of carbonyl (C=O) groups excluding carboxylic acids is 3. The van der Waals surface area contributed by atoms with Crippen LogP contribution in [0.5, 0.6) is 0 Å². The molecule has 4 rings (SSSR count). The number of imide groups is 1. The average molecular weight is 369 g/mol. The third-order valence-electron chi connectivity index (χ3n) is 5.55. The molecule has 1 saturated heterocycles. The number of amides is 3. The second-order valence-electron chi connectivity index (χ2n) is 7.22. The van der Waals surface area contributed by atoms with Crippen LogP contribution in [0.3, 0.4) is 0 Å². The summed E-state index contributed by atoms with van der Waals surface area (Å²) in [5.41, 5.74) is 0.770. The van der Waals surface area contributed by atoms with Crippen molar-refractivity contribution in [3.63, 3.8) is 0 Å². The van der Waals surface area contributed by atoms with Crippen molar-refractivity contribution in [3.8, 4) is 0 Å². The Balaban J connectivity index is 1.25. The van der Waals surface area contributed by atoms with E-state index in [9.17, 15) is 14.4 Å². The standard InChI is InChI=1S/C19H23N5O3/c25-17(20-10-8-16-22-21-15-7-3-4-11-23(15)16)9-12-24-18(26)13-5-1-2-6-14(13)19(24)27/h3-4,7,11,13-14H,1-2,5-6,8-10,12H2,(H,20,25). The molecule has 2 unspecified atom stereocenters. The number of hydrogen-bond donors (Lipinski definition) is 1. The number of likely N-dealkylation sites (tertiary alicyclic amines) is 1. The van der Waals surface area contributed by atoms with Crippen LogP contribution in [-0.2, 0) is 20.8 Å². The van der Waals surface area contributed by atoms with Gasteiger partial charge in [-0.25, -0.2) is 0 Å². The van der Waals surface area contributed by atoms with Crippen LogP contribution in [0.1, 0.15) is 37.9 Å². The second kappa shape index (κ2) is 7.46. The van der Waals surface area contributed by atoms with Crippen molar-refractivity contribution in [2.75, 3.05) is 13.1 Å². The Labute approximate surface area is 156 Å². The highest BCUT2D eigenvalue weighted by Crippen LogP contribution is 2.37. The number of nitrogens with one attached hydrogen (secondary N) is 1. The molecule has 0 aromatic carbocycles. The molecule has 3 heterocycles. The molecule has 2 fully saturated rings. The summed E-state index contributed by atoms with van der Waals surface area (Å²) in [4.78, 5) is 38.2. The summed E-state index contributed by atoms with van der Waals surface area (Å²) in [6.45, 7) is 0.603. The first-order valence-electron chi connectivity index (χ1n) is 9.55. The second-order valence-corrected chi connectivity index (χ2v) is 7.22. The van der Waals surface area contributed by atoms with Crippen LogP contribution in [0, 0.1) is 11.8 Å². The predicted molar refractivity (Wildman–Crippen MR) is 96.5 cm³/mol. The number of carbonyl (C=O) groups is 3. The Morgan fingerprint density at radius 1 is 1.11 bits per heavy atom. The molecule has 1 aliphatic carbocycles. The number of fused-ring (bicyclic) bond motifs is 2. The molecule has 1 aliphatic heterocycles. The molecule has 0 spiro atoms. The summed E-state index contributed by atoms with van der Waals surface area (Å²) in [5.74, 6) is 0.116. The zero-order chi connectivity index (χ0) is 18.8. The van der Waals surface area contributed by atoms with E-state index in [4.69, 9.17) is 0 Å². The van der Waals surface area contributed by atoms with Crippen LogP contribution < -0.4 is 5.32 Å². The van der Waals surface area contributed by atoms with Gasteiger partial charge in [0, 0.05) is 32.1 Å². The molecule has 0 radical (unpaired) electrons. The largest absolute Gasteiger partial charge is 0.356 e. The van der Waals surface area contributed by atoms with E-state index in [1.165, 1.54) is 4.90 Å². The van der Waals surface area contributed by atoms with E-state index in [0.29, 0.717) is 13.0 Å². The SMILES string of the molecule is O=C(CCN1C(=O)C2CCCCC2C1=O)NCCc1nnc2ccccn12. The number of rotatable bonds is 6. The first-order valence-corrected chi connectivity index (χ1v) is 9.55. The maximum atomic E-state index is 12.4. The highest BCUT2D eigenvalue weighted by atomic mass is 16.2. The molecule has 1 saturated carbocycles. The molecule has 2 aromatic rings. The van der Waals surface area contributed by atoms with Crippen molar-refractivity contribution in [1.29, 1.82) is 0 Å². The Morgan fingerprint density at radius 2 is 1.85 bits per heavy atom. The van der Waals surface area contributed by atoms with E-state index < -0.39 is 0 Å². The van der Waals surface area contributed by atoms with Gasteiger partial charge < -0.3 is 5.32 Å². The van der Waals surface area contributed by atoms with Crippen molar-refractivity contribution >= 4 is 23.4 Å². The Bertz CT molecular complexity index is 853. The average Bonchev–Trinajstić information content (AvgIpc) is 3.20. The van der Waals surface area contributed by atoms with E-state index in [1.807, 2.05) is 28.8 Å². The molecule has 2 atom stereocenters. The van der Waals surface area contributed by atoms with E-state index >= 15 is 0 Å². The predicted octanol–water partition coefficient (Wildman–Crippen LogP) is 0.953. The minimum absolute atomic E-state index is 0.0903. The number of nitrogens with zero attached hydrogens (tertiary/aromatic N) is 4. The van der Waals surface area contributed by atoms with Gasteiger partial charge in [0.1, 0.15) is 5.82 Å². The fourth-order valence-corrected chi connectivity index (χ4v) is 4.13. The van der Waals surface area contributed by atoms with Crippen LogP contribution in [-0.4, -0.2) is 50.3 Å².